The highest BCUT2D eigenvalue weighted by Crippen LogP contribution is 2.30. The minimum absolute atomic E-state index is 0.0347. The van der Waals surface area contributed by atoms with Gasteiger partial charge in [0, 0.05) is 24.6 Å². The Kier molecular flexibility index (Phi) is 6.82. The van der Waals surface area contributed by atoms with E-state index < -0.39 is 11.7 Å². The summed E-state index contributed by atoms with van der Waals surface area (Å²) in [5.41, 5.74) is 3.43. The zero-order valence-corrected chi connectivity index (χ0v) is 23.1. The van der Waals surface area contributed by atoms with Gasteiger partial charge in [-0.2, -0.15) is 5.21 Å². The van der Waals surface area contributed by atoms with Gasteiger partial charge in [-0.05, 0) is 46.7 Å². The molecule has 0 unspecified atom stereocenters. The van der Waals surface area contributed by atoms with E-state index in [1.165, 1.54) is 16.2 Å². The van der Waals surface area contributed by atoms with Crippen molar-refractivity contribution < 1.29 is 9.53 Å². The molecule has 0 radical (unpaired) electrons. The van der Waals surface area contributed by atoms with Gasteiger partial charge in [0.25, 0.3) is 5.56 Å². The maximum Gasteiger partial charge on any atom is 0.333 e. The van der Waals surface area contributed by atoms with Gasteiger partial charge in [0.1, 0.15) is 12.4 Å². The van der Waals surface area contributed by atoms with Crippen molar-refractivity contribution in [3.63, 3.8) is 0 Å². The number of hydrogen-bond donors (Lipinski definition) is 1. The number of nitrogens with zero attached hydrogens (tertiary/aromatic N) is 7. The van der Waals surface area contributed by atoms with Crippen molar-refractivity contribution in [2.75, 3.05) is 7.11 Å². The van der Waals surface area contributed by atoms with Crippen molar-refractivity contribution >= 4 is 17.1 Å². The topological polar surface area (TPSA) is 143 Å². The van der Waals surface area contributed by atoms with Crippen LogP contribution in [0, 0.1) is 5.92 Å². The van der Waals surface area contributed by atoms with Crippen molar-refractivity contribution in [3.8, 4) is 22.5 Å². The summed E-state index contributed by atoms with van der Waals surface area (Å²) in [7, 11) is 1.27. The number of nitrogens with one attached hydrogen (secondary N) is 1. The summed E-state index contributed by atoms with van der Waals surface area (Å²) in [6.45, 7) is 4.37. The summed E-state index contributed by atoms with van der Waals surface area (Å²) in [5, 5.41) is 14.2. The lowest BCUT2D eigenvalue weighted by Crippen LogP contribution is -2.42. The standard InChI is InChI=1S/C29H30N8O4/c1-17(2)26-30-27-24(28(39)37(15-18-7-8-18)29(40)36(27)16-23(38)41-3)35(26)14-19-9-11-20(12-10-19)21-5-4-6-22(13-21)25-31-33-34-32-25/h4-6,9-13,17-18H,7-8,14-16H2,1-3H3,(H,31,32,33,34). The maximum atomic E-state index is 13.8. The average molecular weight is 555 g/mol. The summed E-state index contributed by atoms with van der Waals surface area (Å²) in [6, 6.07) is 16.0. The Morgan fingerprint density at radius 1 is 1.02 bits per heavy atom. The zero-order chi connectivity index (χ0) is 28.7. The van der Waals surface area contributed by atoms with Crippen LogP contribution in [0.2, 0.25) is 0 Å². The Balaban J connectivity index is 1.41. The summed E-state index contributed by atoms with van der Waals surface area (Å²) >= 11 is 0. The second kappa shape index (κ2) is 10.6. The number of esters is 1. The summed E-state index contributed by atoms with van der Waals surface area (Å²) in [6.07, 6.45) is 1.95. The number of aromatic amines is 1. The highest BCUT2D eigenvalue weighted by Gasteiger charge is 2.28. The molecule has 210 valence electrons. The van der Waals surface area contributed by atoms with Gasteiger partial charge in [-0.3, -0.25) is 18.7 Å². The van der Waals surface area contributed by atoms with Crippen LogP contribution in [0.4, 0.5) is 0 Å². The van der Waals surface area contributed by atoms with Crippen LogP contribution in [-0.2, 0) is 29.2 Å². The van der Waals surface area contributed by atoms with Crippen molar-refractivity contribution in [2.45, 2.75) is 52.2 Å². The molecule has 41 heavy (non-hydrogen) atoms. The number of rotatable bonds is 9. The third-order valence-corrected chi connectivity index (χ3v) is 7.41. The molecule has 0 atom stereocenters. The predicted molar refractivity (Wildman–Crippen MR) is 151 cm³/mol. The first kappa shape index (κ1) is 26.4. The number of benzene rings is 2. The van der Waals surface area contributed by atoms with Gasteiger partial charge >= 0.3 is 11.7 Å². The minimum atomic E-state index is -0.579. The molecule has 0 spiro atoms. The third-order valence-electron chi connectivity index (χ3n) is 7.41. The molecule has 6 rings (SSSR count). The van der Waals surface area contributed by atoms with Gasteiger partial charge < -0.3 is 9.30 Å². The van der Waals surface area contributed by atoms with E-state index in [9.17, 15) is 14.4 Å². The second-order valence-electron chi connectivity index (χ2n) is 10.7. The van der Waals surface area contributed by atoms with Gasteiger partial charge in [0.05, 0.1) is 7.11 Å². The van der Waals surface area contributed by atoms with Crippen LogP contribution in [0.15, 0.2) is 58.1 Å². The Hall–Kier alpha value is -4.87. The molecule has 1 fully saturated rings. The number of carbonyl (C=O) groups excluding carboxylic acids is 1. The number of carbonyl (C=O) groups is 1. The van der Waals surface area contributed by atoms with Gasteiger partial charge in [-0.25, -0.2) is 9.78 Å². The molecule has 3 aromatic heterocycles. The number of ether oxygens (including phenoxy) is 1. The number of methoxy groups -OCH3 is 1. The fraction of sp³-hybridized carbons (Fsp3) is 0.345. The number of tetrazole rings is 1. The molecule has 2 aromatic carbocycles. The number of imidazole rings is 1. The Morgan fingerprint density at radius 3 is 2.44 bits per heavy atom. The fourth-order valence-corrected chi connectivity index (χ4v) is 5.07. The highest BCUT2D eigenvalue weighted by atomic mass is 16.5. The molecule has 3 heterocycles. The minimum Gasteiger partial charge on any atom is -0.468 e. The largest absolute Gasteiger partial charge is 0.468 e. The molecular formula is C29H30N8O4. The van der Waals surface area contributed by atoms with E-state index in [-0.39, 0.29) is 29.6 Å². The average Bonchev–Trinajstić information content (AvgIpc) is 3.47. The molecule has 5 aromatic rings. The van der Waals surface area contributed by atoms with Crippen LogP contribution >= 0.6 is 0 Å². The van der Waals surface area contributed by atoms with Crippen LogP contribution < -0.4 is 11.2 Å². The van der Waals surface area contributed by atoms with Gasteiger partial charge in [-0.15, -0.1) is 10.2 Å². The predicted octanol–water partition coefficient (Wildman–Crippen LogP) is 2.96. The van der Waals surface area contributed by atoms with E-state index in [1.54, 1.807) is 0 Å². The lowest BCUT2D eigenvalue weighted by Gasteiger charge is -2.14. The van der Waals surface area contributed by atoms with Crippen molar-refractivity contribution in [3.05, 3.63) is 80.8 Å². The molecule has 12 nitrogen and oxygen atoms in total. The first-order valence-corrected chi connectivity index (χ1v) is 13.6. The first-order valence-electron chi connectivity index (χ1n) is 13.6. The van der Waals surface area contributed by atoms with Crippen molar-refractivity contribution in [1.82, 2.24) is 39.3 Å². The molecule has 1 aliphatic carbocycles. The molecule has 12 heteroatoms. The Labute approximate surface area is 234 Å². The van der Waals surface area contributed by atoms with Crippen molar-refractivity contribution in [1.29, 1.82) is 0 Å². The highest BCUT2D eigenvalue weighted by molar-refractivity contribution is 5.75. The van der Waals surface area contributed by atoms with Gasteiger partial charge in [0.15, 0.2) is 11.2 Å². The van der Waals surface area contributed by atoms with E-state index in [1.807, 2.05) is 66.9 Å². The molecule has 1 saturated carbocycles. The molecule has 0 amide bonds. The number of H-pyrrole nitrogens is 1. The monoisotopic (exact) mass is 554 g/mol. The van der Waals surface area contributed by atoms with E-state index in [4.69, 9.17) is 9.72 Å². The quantitative estimate of drug-likeness (QED) is 0.274. The number of aromatic nitrogens is 8. The lowest BCUT2D eigenvalue weighted by molar-refractivity contribution is -0.141. The first-order chi connectivity index (χ1) is 19.8. The zero-order valence-electron chi connectivity index (χ0n) is 23.1. The molecular weight excluding hydrogens is 524 g/mol. The molecule has 0 aliphatic heterocycles. The lowest BCUT2D eigenvalue weighted by atomic mass is 10.0. The van der Waals surface area contributed by atoms with Crippen LogP contribution in [0.3, 0.4) is 0 Å². The fourth-order valence-electron chi connectivity index (χ4n) is 5.07. The summed E-state index contributed by atoms with van der Waals surface area (Å²) < 4.78 is 9.25. The van der Waals surface area contributed by atoms with Gasteiger partial charge in [-0.1, -0.05) is 56.3 Å². The molecule has 0 bridgehead atoms. The van der Waals surface area contributed by atoms with Crippen molar-refractivity contribution in [2.24, 2.45) is 5.92 Å². The second-order valence-corrected chi connectivity index (χ2v) is 10.7. The maximum absolute atomic E-state index is 13.8. The SMILES string of the molecule is COC(=O)Cn1c(=O)n(CC2CC2)c(=O)c2c1nc(C(C)C)n2Cc1ccc(-c2cccc(-c3nn[nH]n3)c2)cc1. The number of fused-ring (bicyclic) bond motifs is 1. The van der Waals surface area contributed by atoms with Crippen LogP contribution in [0.5, 0.6) is 0 Å². The molecule has 1 N–H and O–H groups in total. The van der Waals surface area contributed by atoms with E-state index >= 15 is 0 Å². The number of hydrogen-bond acceptors (Lipinski definition) is 8. The van der Waals surface area contributed by atoms with E-state index in [2.05, 4.69) is 20.6 Å². The Bertz CT molecular complexity index is 1850. The normalized spacial score (nSPS) is 13.3. The van der Waals surface area contributed by atoms with E-state index in [0.717, 1.165) is 35.1 Å². The van der Waals surface area contributed by atoms with Crippen LogP contribution in [0.1, 0.15) is 44.0 Å². The Morgan fingerprint density at radius 2 is 1.78 bits per heavy atom. The molecule has 1 aliphatic rings. The summed E-state index contributed by atoms with van der Waals surface area (Å²) in [5.74, 6) is 0.861. The smallest absolute Gasteiger partial charge is 0.333 e. The van der Waals surface area contributed by atoms with Gasteiger partial charge in [0.2, 0.25) is 5.82 Å². The van der Waals surface area contributed by atoms with Crippen LogP contribution in [0.25, 0.3) is 33.7 Å². The van der Waals surface area contributed by atoms with Crippen LogP contribution in [-0.4, -0.2) is 52.4 Å². The molecule has 0 saturated heterocycles. The van der Waals surface area contributed by atoms with E-state index in [0.29, 0.717) is 30.3 Å². The summed E-state index contributed by atoms with van der Waals surface area (Å²) in [4.78, 5) is 44.2. The third kappa shape index (κ3) is 5.08.